The predicted octanol–water partition coefficient (Wildman–Crippen LogP) is 5.04. The second-order valence-corrected chi connectivity index (χ2v) is 5.03. The molecule has 0 atom stereocenters. The van der Waals surface area contributed by atoms with E-state index in [1.54, 1.807) is 0 Å². The van der Waals surface area contributed by atoms with Gasteiger partial charge in [0.05, 0.1) is 5.69 Å². The van der Waals surface area contributed by atoms with Crippen LogP contribution in [-0.2, 0) is 0 Å². The van der Waals surface area contributed by atoms with E-state index in [1.165, 1.54) is 11.1 Å². The monoisotopic (exact) mass is 275 g/mol. The van der Waals surface area contributed by atoms with Crippen LogP contribution in [0.3, 0.4) is 0 Å². The zero-order valence-electron chi connectivity index (χ0n) is 11.9. The first kappa shape index (κ1) is 13.3. The van der Waals surface area contributed by atoms with Crippen molar-refractivity contribution in [3.05, 3.63) is 78.4 Å². The van der Waals surface area contributed by atoms with Crippen molar-refractivity contribution < 1.29 is 4.74 Å². The molecular weight excluding hydrogens is 258 g/mol. The number of anilines is 1. The highest BCUT2D eigenvalue weighted by molar-refractivity contribution is 5.64. The van der Waals surface area contributed by atoms with E-state index in [4.69, 9.17) is 10.5 Å². The van der Waals surface area contributed by atoms with Gasteiger partial charge in [0.2, 0.25) is 0 Å². The van der Waals surface area contributed by atoms with Gasteiger partial charge in [0.1, 0.15) is 11.5 Å². The third-order valence-electron chi connectivity index (χ3n) is 3.35. The van der Waals surface area contributed by atoms with E-state index in [-0.39, 0.29) is 0 Å². The van der Waals surface area contributed by atoms with Gasteiger partial charge >= 0.3 is 0 Å². The fourth-order valence-electron chi connectivity index (χ4n) is 2.23. The van der Waals surface area contributed by atoms with Crippen molar-refractivity contribution in [2.24, 2.45) is 0 Å². The van der Waals surface area contributed by atoms with Crippen molar-refractivity contribution in [2.75, 3.05) is 5.73 Å². The third kappa shape index (κ3) is 3.06. The highest BCUT2D eigenvalue weighted by Crippen LogP contribution is 2.29. The van der Waals surface area contributed by atoms with Gasteiger partial charge in [0.25, 0.3) is 0 Å². The summed E-state index contributed by atoms with van der Waals surface area (Å²) in [6.07, 6.45) is 0. The number of rotatable bonds is 3. The van der Waals surface area contributed by atoms with Gasteiger partial charge in [0.15, 0.2) is 0 Å². The van der Waals surface area contributed by atoms with Crippen molar-refractivity contribution in [2.45, 2.75) is 6.92 Å². The summed E-state index contributed by atoms with van der Waals surface area (Å²) in [5.74, 6) is 1.47. The normalized spacial score (nSPS) is 10.3. The highest BCUT2D eigenvalue weighted by atomic mass is 16.5. The SMILES string of the molecule is Cc1ccc(Oc2ccc(-c3ccccc3)cc2)c(N)c1. The standard InChI is InChI=1S/C19H17NO/c1-14-7-12-19(18(20)13-14)21-17-10-8-16(9-11-17)15-5-3-2-4-6-15/h2-13H,20H2,1H3. The van der Waals surface area contributed by atoms with Gasteiger partial charge in [-0.25, -0.2) is 0 Å². The third-order valence-corrected chi connectivity index (χ3v) is 3.35. The average Bonchev–Trinajstić information content (AvgIpc) is 2.52. The van der Waals surface area contributed by atoms with E-state index >= 15 is 0 Å². The molecule has 0 saturated heterocycles. The molecule has 0 aliphatic carbocycles. The molecule has 0 aromatic heterocycles. The maximum atomic E-state index is 5.97. The number of nitrogens with two attached hydrogens (primary N) is 1. The fourth-order valence-corrected chi connectivity index (χ4v) is 2.23. The average molecular weight is 275 g/mol. The Morgan fingerprint density at radius 1 is 0.762 bits per heavy atom. The van der Waals surface area contributed by atoms with Crippen LogP contribution >= 0.6 is 0 Å². The Balaban J connectivity index is 1.81. The molecule has 3 aromatic rings. The van der Waals surface area contributed by atoms with Crippen LogP contribution in [0.2, 0.25) is 0 Å². The first-order valence-electron chi connectivity index (χ1n) is 6.92. The number of ether oxygens (including phenoxy) is 1. The Bertz CT molecular complexity index is 733. The number of hydrogen-bond acceptors (Lipinski definition) is 2. The first-order chi connectivity index (χ1) is 10.2. The lowest BCUT2D eigenvalue weighted by molar-refractivity contribution is 0.485. The summed E-state index contributed by atoms with van der Waals surface area (Å²) >= 11 is 0. The van der Waals surface area contributed by atoms with Crippen molar-refractivity contribution in [1.29, 1.82) is 0 Å². The van der Waals surface area contributed by atoms with E-state index in [2.05, 4.69) is 24.3 Å². The van der Waals surface area contributed by atoms with Gasteiger partial charge in [-0.15, -0.1) is 0 Å². The smallest absolute Gasteiger partial charge is 0.150 e. The van der Waals surface area contributed by atoms with Crippen molar-refractivity contribution in [1.82, 2.24) is 0 Å². The van der Waals surface area contributed by atoms with Gasteiger partial charge in [-0.05, 0) is 47.9 Å². The van der Waals surface area contributed by atoms with Crippen molar-refractivity contribution in [3.63, 3.8) is 0 Å². The zero-order chi connectivity index (χ0) is 14.7. The highest BCUT2D eigenvalue weighted by Gasteiger charge is 2.03. The van der Waals surface area contributed by atoms with Gasteiger partial charge in [-0.3, -0.25) is 0 Å². The summed E-state index contributed by atoms with van der Waals surface area (Å²) in [6, 6.07) is 24.1. The number of nitrogen functional groups attached to an aromatic ring is 1. The summed E-state index contributed by atoms with van der Waals surface area (Å²) in [4.78, 5) is 0. The van der Waals surface area contributed by atoms with Crippen LogP contribution < -0.4 is 10.5 Å². The number of benzene rings is 3. The summed E-state index contributed by atoms with van der Waals surface area (Å²) < 4.78 is 5.83. The van der Waals surface area contributed by atoms with Crippen molar-refractivity contribution in [3.8, 4) is 22.6 Å². The molecule has 2 heteroatoms. The Morgan fingerprint density at radius 3 is 2.10 bits per heavy atom. The Kier molecular flexibility index (Phi) is 3.61. The maximum Gasteiger partial charge on any atom is 0.150 e. The maximum absolute atomic E-state index is 5.97. The molecule has 3 rings (SSSR count). The Labute approximate surface area is 124 Å². The zero-order valence-corrected chi connectivity index (χ0v) is 11.9. The summed E-state index contributed by atoms with van der Waals surface area (Å²) in [7, 11) is 0. The molecule has 0 aliphatic rings. The summed E-state index contributed by atoms with van der Waals surface area (Å²) in [5, 5.41) is 0. The molecule has 0 unspecified atom stereocenters. The molecule has 0 spiro atoms. The Morgan fingerprint density at radius 2 is 1.43 bits per heavy atom. The summed E-state index contributed by atoms with van der Waals surface area (Å²) in [6.45, 7) is 2.01. The minimum absolute atomic E-state index is 0.655. The van der Waals surface area contributed by atoms with Gasteiger partial charge in [-0.2, -0.15) is 0 Å². The molecule has 0 bridgehead atoms. The minimum atomic E-state index is 0.655. The molecule has 104 valence electrons. The topological polar surface area (TPSA) is 35.2 Å². The Hall–Kier alpha value is -2.74. The van der Waals surface area contributed by atoms with Crippen LogP contribution in [0, 0.1) is 6.92 Å². The lowest BCUT2D eigenvalue weighted by atomic mass is 10.1. The van der Waals surface area contributed by atoms with Crippen LogP contribution in [0.1, 0.15) is 5.56 Å². The van der Waals surface area contributed by atoms with Crippen molar-refractivity contribution >= 4 is 5.69 Å². The first-order valence-corrected chi connectivity index (χ1v) is 6.92. The molecule has 0 saturated carbocycles. The fraction of sp³-hybridized carbons (Fsp3) is 0.0526. The molecule has 0 radical (unpaired) electrons. The molecule has 0 heterocycles. The molecule has 0 amide bonds. The van der Waals surface area contributed by atoms with E-state index in [9.17, 15) is 0 Å². The molecular formula is C19H17NO. The largest absolute Gasteiger partial charge is 0.455 e. The van der Waals surface area contributed by atoms with Crippen LogP contribution in [0.5, 0.6) is 11.5 Å². The van der Waals surface area contributed by atoms with E-state index in [1.807, 2.05) is 55.5 Å². The van der Waals surface area contributed by atoms with E-state index in [0.29, 0.717) is 11.4 Å². The summed E-state index contributed by atoms with van der Waals surface area (Å²) in [5.41, 5.74) is 10.1. The quantitative estimate of drug-likeness (QED) is 0.680. The lowest BCUT2D eigenvalue weighted by Gasteiger charge is -2.10. The van der Waals surface area contributed by atoms with E-state index in [0.717, 1.165) is 11.3 Å². The molecule has 2 nitrogen and oxygen atoms in total. The second kappa shape index (κ2) is 5.71. The van der Waals surface area contributed by atoms with Gasteiger partial charge in [-0.1, -0.05) is 48.5 Å². The minimum Gasteiger partial charge on any atom is -0.455 e. The van der Waals surface area contributed by atoms with Gasteiger partial charge in [0, 0.05) is 0 Å². The lowest BCUT2D eigenvalue weighted by Crippen LogP contribution is -1.92. The van der Waals surface area contributed by atoms with Crippen LogP contribution in [-0.4, -0.2) is 0 Å². The predicted molar refractivity (Wildman–Crippen MR) is 87.5 cm³/mol. The molecule has 3 aromatic carbocycles. The molecule has 21 heavy (non-hydrogen) atoms. The van der Waals surface area contributed by atoms with Crippen LogP contribution in [0.4, 0.5) is 5.69 Å². The second-order valence-electron chi connectivity index (χ2n) is 5.03. The molecule has 0 fully saturated rings. The number of aryl methyl sites for hydroxylation is 1. The number of hydrogen-bond donors (Lipinski definition) is 1. The van der Waals surface area contributed by atoms with Crippen LogP contribution in [0.15, 0.2) is 72.8 Å². The molecule has 2 N–H and O–H groups in total. The van der Waals surface area contributed by atoms with E-state index < -0.39 is 0 Å². The molecule has 0 aliphatic heterocycles. The van der Waals surface area contributed by atoms with Gasteiger partial charge < -0.3 is 10.5 Å². The van der Waals surface area contributed by atoms with Crippen LogP contribution in [0.25, 0.3) is 11.1 Å².